The van der Waals surface area contributed by atoms with E-state index in [2.05, 4.69) is 68.7 Å². The molecule has 1 atom stereocenters. The number of aryl methyl sites for hydroxylation is 1. The van der Waals surface area contributed by atoms with E-state index >= 15 is 0 Å². The molecule has 2 rings (SSSR count). The van der Waals surface area contributed by atoms with Crippen LogP contribution in [0.15, 0.2) is 18.2 Å². The zero-order valence-corrected chi connectivity index (χ0v) is 13.9. The molecular formula is C17H25Br. The first kappa shape index (κ1) is 14.1. The fourth-order valence-electron chi connectivity index (χ4n) is 2.75. The van der Waals surface area contributed by atoms with Gasteiger partial charge >= 0.3 is 0 Å². The van der Waals surface area contributed by atoms with Crippen molar-refractivity contribution in [1.82, 2.24) is 0 Å². The van der Waals surface area contributed by atoms with E-state index in [0.29, 0.717) is 10.2 Å². The molecule has 0 spiro atoms. The molecule has 1 heteroatoms. The Hall–Kier alpha value is -0.300. The lowest BCUT2D eigenvalue weighted by Gasteiger charge is -2.24. The second-order valence-corrected chi connectivity index (χ2v) is 8.60. The summed E-state index contributed by atoms with van der Waals surface area (Å²) in [5, 5.41) is 0. The maximum Gasteiger partial charge on any atom is 0.0403 e. The minimum atomic E-state index is 0.240. The second kappa shape index (κ2) is 4.67. The van der Waals surface area contributed by atoms with Gasteiger partial charge < -0.3 is 0 Å². The summed E-state index contributed by atoms with van der Waals surface area (Å²) >= 11 is 3.91. The second-order valence-electron chi connectivity index (χ2n) is 7.50. The molecule has 18 heavy (non-hydrogen) atoms. The van der Waals surface area contributed by atoms with Gasteiger partial charge in [-0.15, -0.1) is 0 Å². The van der Waals surface area contributed by atoms with E-state index in [0.717, 1.165) is 0 Å². The minimum Gasteiger partial charge on any atom is -0.0838 e. The predicted molar refractivity (Wildman–Crippen MR) is 83.5 cm³/mol. The van der Waals surface area contributed by atoms with Crippen LogP contribution in [0.1, 0.15) is 69.0 Å². The Bertz CT molecular complexity index is 437. The van der Waals surface area contributed by atoms with Crippen molar-refractivity contribution < 1.29 is 0 Å². The zero-order chi connectivity index (χ0) is 13.6. The molecule has 1 unspecified atom stereocenters. The largest absolute Gasteiger partial charge is 0.0838 e. The number of fused-ring (bicyclic) bond motifs is 1. The van der Waals surface area contributed by atoms with Gasteiger partial charge in [0.1, 0.15) is 0 Å². The van der Waals surface area contributed by atoms with Crippen LogP contribution in [0.4, 0.5) is 0 Å². The summed E-state index contributed by atoms with van der Waals surface area (Å²) in [7, 11) is 0. The molecular weight excluding hydrogens is 284 g/mol. The van der Waals surface area contributed by atoms with Crippen molar-refractivity contribution in [3.8, 4) is 0 Å². The van der Waals surface area contributed by atoms with Crippen LogP contribution in [0, 0.1) is 5.41 Å². The molecule has 100 valence electrons. The van der Waals surface area contributed by atoms with E-state index in [1.165, 1.54) is 36.0 Å². The fourth-order valence-corrected chi connectivity index (χ4v) is 4.05. The molecule has 0 N–H and O–H groups in total. The molecule has 0 saturated carbocycles. The Kier molecular flexibility index (Phi) is 3.66. The van der Waals surface area contributed by atoms with Gasteiger partial charge in [-0.05, 0) is 46.8 Å². The molecule has 1 aromatic rings. The predicted octanol–water partition coefficient (Wildman–Crippen LogP) is 5.78. The molecule has 0 saturated heterocycles. The summed E-state index contributed by atoms with van der Waals surface area (Å²) in [6.45, 7) is 11.6. The molecule has 0 heterocycles. The van der Waals surface area contributed by atoms with Gasteiger partial charge in [-0.2, -0.15) is 0 Å². The highest BCUT2D eigenvalue weighted by Crippen LogP contribution is 2.44. The van der Waals surface area contributed by atoms with Crippen molar-refractivity contribution in [2.24, 2.45) is 5.41 Å². The van der Waals surface area contributed by atoms with Gasteiger partial charge in [-0.3, -0.25) is 0 Å². The highest BCUT2D eigenvalue weighted by Gasteiger charge is 2.29. The number of benzene rings is 1. The zero-order valence-electron chi connectivity index (χ0n) is 12.3. The first-order valence-electron chi connectivity index (χ1n) is 6.96. The Morgan fingerprint density at radius 3 is 2.50 bits per heavy atom. The third kappa shape index (κ3) is 2.99. The Balaban J connectivity index is 2.42. The van der Waals surface area contributed by atoms with Gasteiger partial charge in [0.05, 0.1) is 0 Å². The first-order valence-corrected chi connectivity index (χ1v) is 7.88. The van der Waals surface area contributed by atoms with Gasteiger partial charge in [0.15, 0.2) is 0 Å². The molecule has 1 aliphatic rings. The van der Waals surface area contributed by atoms with Crippen LogP contribution < -0.4 is 0 Å². The van der Waals surface area contributed by atoms with Crippen molar-refractivity contribution in [3.05, 3.63) is 34.9 Å². The third-order valence-corrected chi connectivity index (χ3v) is 4.97. The van der Waals surface area contributed by atoms with Gasteiger partial charge in [-0.1, -0.05) is 68.7 Å². The van der Waals surface area contributed by atoms with Crippen molar-refractivity contribution in [3.63, 3.8) is 0 Å². The van der Waals surface area contributed by atoms with E-state index in [9.17, 15) is 0 Å². The lowest BCUT2D eigenvalue weighted by atomic mass is 9.84. The molecule has 0 aromatic heterocycles. The molecule has 0 aliphatic heterocycles. The Labute approximate surface area is 120 Å². The summed E-state index contributed by atoms with van der Waals surface area (Å²) in [6, 6.07) is 7.10. The van der Waals surface area contributed by atoms with Crippen LogP contribution >= 0.6 is 15.9 Å². The summed E-state index contributed by atoms with van der Waals surface area (Å²) in [5.41, 5.74) is 5.19. The Morgan fingerprint density at radius 1 is 1.22 bits per heavy atom. The monoisotopic (exact) mass is 308 g/mol. The quantitative estimate of drug-likeness (QED) is 0.421. The summed E-state index contributed by atoms with van der Waals surface area (Å²) in [5.74, 6) is 0. The average molecular weight is 309 g/mol. The molecule has 0 bridgehead atoms. The highest BCUT2D eigenvalue weighted by atomic mass is 79.9. The van der Waals surface area contributed by atoms with Crippen molar-refractivity contribution in [1.29, 1.82) is 0 Å². The maximum absolute atomic E-state index is 3.91. The number of hydrogen-bond donors (Lipinski definition) is 0. The van der Waals surface area contributed by atoms with E-state index < -0.39 is 0 Å². The third-order valence-electron chi connectivity index (χ3n) is 4.15. The van der Waals surface area contributed by atoms with Gasteiger partial charge in [0.2, 0.25) is 0 Å². The normalized spacial score (nSPS) is 23.3. The maximum atomic E-state index is 3.91. The summed E-state index contributed by atoms with van der Waals surface area (Å²) in [6.07, 6.45) is 3.74. The minimum absolute atomic E-state index is 0.240. The molecule has 0 fully saturated rings. The molecule has 1 aliphatic carbocycles. The van der Waals surface area contributed by atoms with Gasteiger partial charge in [-0.25, -0.2) is 0 Å². The Morgan fingerprint density at radius 2 is 1.89 bits per heavy atom. The molecule has 0 nitrogen and oxygen atoms in total. The lowest BCUT2D eigenvalue weighted by Crippen LogP contribution is -2.12. The van der Waals surface area contributed by atoms with E-state index in [1.54, 1.807) is 0 Å². The lowest BCUT2D eigenvalue weighted by molar-refractivity contribution is 0.316. The number of alkyl halides is 1. The number of hydrogen-bond acceptors (Lipinski definition) is 0. The standard InChI is InChI=1S/C17H25Br/c1-16(2,3)13-7-6-12-8-9-17(4,5)11-15(18)14(12)10-13/h6-7,10,15H,8-9,11H2,1-5H3. The van der Waals surface area contributed by atoms with Crippen LogP contribution in [0.25, 0.3) is 0 Å². The SMILES string of the molecule is CC1(C)CCc2ccc(C(C)(C)C)cc2C(Br)C1. The highest BCUT2D eigenvalue weighted by molar-refractivity contribution is 9.09. The van der Waals surface area contributed by atoms with Crippen molar-refractivity contribution >= 4 is 15.9 Å². The summed E-state index contributed by atoms with van der Waals surface area (Å²) in [4.78, 5) is 0.507. The fraction of sp³-hybridized carbons (Fsp3) is 0.647. The molecule has 1 aromatic carbocycles. The van der Waals surface area contributed by atoms with Crippen LogP contribution in [0.5, 0.6) is 0 Å². The van der Waals surface area contributed by atoms with E-state index in [4.69, 9.17) is 0 Å². The van der Waals surface area contributed by atoms with Gasteiger partial charge in [0.25, 0.3) is 0 Å². The number of rotatable bonds is 0. The molecule has 0 radical (unpaired) electrons. The van der Waals surface area contributed by atoms with Crippen molar-refractivity contribution in [2.75, 3.05) is 0 Å². The summed E-state index contributed by atoms with van der Waals surface area (Å²) < 4.78 is 0. The van der Waals surface area contributed by atoms with Crippen LogP contribution in [-0.2, 0) is 11.8 Å². The van der Waals surface area contributed by atoms with Gasteiger partial charge in [0, 0.05) is 4.83 Å². The van der Waals surface area contributed by atoms with E-state index in [1.807, 2.05) is 0 Å². The number of halogens is 1. The van der Waals surface area contributed by atoms with Crippen LogP contribution in [-0.4, -0.2) is 0 Å². The topological polar surface area (TPSA) is 0 Å². The smallest absolute Gasteiger partial charge is 0.0403 e. The average Bonchev–Trinajstić information content (AvgIpc) is 2.34. The first-order chi connectivity index (χ1) is 8.19. The molecule has 0 amide bonds. The van der Waals surface area contributed by atoms with Crippen LogP contribution in [0.3, 0.4) is 0 Å². The van der Waals surface area contributed by atoms with Crippen LogP contribution in [0.2, 0.25) is 0 Å². The van der Waals surface area contributed by atoms with E-state index in [-0.39, 0.29) is 5.41 Å². The van der Waals surface area contributed by atoms with Crippen molar-refractivity contribution in [2.45, 2.75) is 64.1 Å².